The van der Waals surface area contributed by atoms with Gasteiger partial charge in [0.05, 0.1) is 5.92 Å². The Hall–Kier alpha value is -2.66. The maximum atomic E-state index is 13.4. The molecule has 2 aliphatic rings. The molecule has 3 aromatic rings. The number of benzene rings is 2. The third-order valence-electron chi connectivity index (χ3n) is 7.47. The zero-order valence-corrected chi connectivity index (χ0v) is 20.5. The largest absolute Gasteiger partial charge is 0.341 e. The monoisotopic (exact) mass is 477 g/mol. The molecule has 34 heavy (non-hydrogen) atoms. The van der Waals surface area contributed by atoms with Crippen LogP contribution < -0.4 is 0 Å². The van der Waals surface area contributed by atoms with Crippen molar-refractivity contribution in [3.05, 3.63) is 82.0 Å². The van der Waals surface area contributed by atoms with E-state index in [0.717, 1.165) is 50.6 Å². The Bertz CT molecular complexity index is 1120. The minimum Gasteiger partial charge on any atom is -0.341 e. The Balaban J connectivity index is 1.38. The number of likely N-dealkylation sites (tertiary alicyclic amines) is 1. The summed E-state index contributed by atoms with van der Waals surface area (Å²) in [6, 6.07) is 16.6. The van der Waals surface area contributed by atoms with E-state index < -0.39 is 0 Å². The molecule has 2 fully saturated rings. The van der Waals surface area contributed by atoms with Crippen LogP contribution in [0.3, 0.4) is 0 Å². The highest BCUT2D eigenvalue weighted by atomic mass is 35.5. The van der Waals surface area contributed by atoms with Crippen LogP contribution in [-0.4, -0.2) is 34.0 Å². The number of halogens is 1. The van der Waals surface area contributed by atoms with E-state index in [1.807, 2.05) is 24.3 Å². The van der Waals surface area contributed by atoms with Crippen molar-refractivity contribution in [2.24, 2.45) is 5.92 Å². The molecule has 0 radical (unpaired) electrons. The number of nitrogens with zero attached hydrogens (tertiary/aromatic N) is 3. The molecule has 1 saturated heterocycles. The fourth-order valence-corrected chi connectivity index (χ4v) is 5.68. The molecular formula is C28H32ClN3O2. The number of hydrogen-bond acceptors (Lipinski definition) is 4. The predicted octanol–water partition coefficient (Wildman–Crippen LogP) is 6.17. The van der Waals surface area contributed by atoms with Crippen LogP contribution in [0, 0.1) is 5.92 Å². The number of hydrogen-bond donors (Lipinski definition) is 0. The first-order valence-electron chi connectivity index (χ1n) is 12.5. The fourth-order valence-electron chi connectivity index (χ4n) is 5.47. The van der Waals surface area contributed by atoms with Gasteiger partial charge in [0.25, 0.3) is 0 Å². The topological polar surface area (TPSA) is 59.2 Å². The Morgan fingerprint density at radius 1 is 1.06 bits per heavy atom. The van der Waals surface area contributed by atoms with Gasteiger partial charge in [-0.15, -0.1) is 0 Å². The summed E-state index contributed by atoms with van der Waals surface area (Å²) in [5.74, 6) is 2.01. The fraction of sp³-hybridized carbons (Fsp3) is 0.464. The van der Waals surface area contributed by atoms with Gasteiger partial charge >= 0.3 is 0 Å². The van der Waals surface area contributed by atoms with Gasteiger partial charge in [0.1, 0.15) is 0 Å². The molecule has 5 rings (SSSR count). The van der Waals surface area contributed by atoms with E-state index in [1.165, 1.54) is 11.1 Å². The molecule has 2 atom stereocenters. The van der Waals surface area contributed by atoms with Gasteiger partial charge in [0.2, 0.25) is 11.8 Å². The molecule has 1 saturated carbocycles. The molecule has 5 nitrogen and oxygen atoms in total. The molecule has 0 bridgehead atoms. The molecule has 1 aliphatic carbocycles. The van der Waals surface area contributed by atoms with E-state index in [4.69, 9.17) is 21.1 Å². The first kappa shape index (κ1) is 23.1. The lowest BCUT2D eigenvalue weighted by molar-refractivity contribution is -0.137. The molecule has 2 aromatic carbocycles. The zero-order valence-electron chi connectivity index (χ0n) is 19.8. The number of aromatic nitrogens is 2. The standard InChI is InChI=1S/C28H32ClN3O2/c1-2-19-11-13-20(14-12-19)23-15-24(18-32(17-23)28(33)21-7-3-4-8-21)27-30-26(31-34-27)16-22-9-5-6-10-25(22)29/h5-6,9-14,21,23-24H,2-4,7-8,15-18H2,1H3. The van der Waals surface area contributed by atoms with Crippen LogP contribution in [0.15, 0.2) is 53.1 Å². The van der Waals surface area contributed by atoms with Gasteiger partial charge in [-0.05, 0) is 48.4 Å². The van der Waals surface area contributed by atoms with E-state index in [1.54, 1.807) is 0 Å². The first-order valence-corrected chi connectivity index (χ1v) is 12.9. The summed E-state index contributed by atoms with van der Waals surface area (Å²) in [5, 5.41) is 4.95. The van der Waals surface area contributed by atoms with Crippen LogP contribution in [-0.2, 0) is 17.6 Å². The van der Waals surface area contributed by atoms with Gasteiger partial charge in [-0.25, -0.2) is 0 Å². The molecule has 6 heteroatoms. The van der Waals surface area contributed by atoms with Crippen LogP contribution in [0.5, 0.6) is 0 Å². The summed E-state index contributed by atoms with van der Waals surface area (Å²) in [6.07, 6.45) is 6.79. The second kappa shape index (κ2) is 10.3. The Morgan fingerprint density at radius 2 is 1.79 bits per heavy atom. The molecule has 0 N–H and O–H groups in total. The molecule has 2 heterocycles. The van der Waals surface area contributed by atoms with Crippen LogP contribution in [0.1, 0.15) is 79.3 Å². The number of aryl methyl sites for hydroxylation is 1. The molecule has 178 valence electrons. The average molecular weight is 478 g/mol. The average Bonchev–Trinajstić information content (AvgIpc) is 3.58. The van der Waals surface area contributed by atoms with Crippen molar-refractivity contribution in [2.75, 3.05) is 13.1 Å². The Labute approximate surface area is 206 Å². The number of carbonyl (C=O) groups excluding carboxylic acids is 1. The van der Waals surface area contributed by atoms with Gasteiger partial charge in [0, 0.05) is 36.4 Å². The third kappa shape index (κ3) is 5.05. The maximum absolute atomic E-state index is 13.4. The number of carbonyl (C=O) groups is 1. The smallest absolute Gasteiger partial charge is 0.231 e. The van der Waals surface area contributed by atoms with E-state index in [0.29, 0.717) is 35.6 Å². The van der Waals surface area contributed by atoms with Gasteiger partial charge in [-0.1, -0.05) is 79.0 Å². The van der Waals surface area contributed by atoms with Crippen molar-refractivity contribution in [1.82, 2.24) is 15.0 Å². The number of amides is 1. The summed E-state index contributed by atoms with van der Waals surface area (Å²) in [6.45, 7) is 3.58. The highest BCUT2D eigenvalue weighted by Crippen LogP contribution is 2.37. The minimum atomic E-state index is 0.0300. The summed E-state index contributed by atoms with van der Waals surface area (Å²) in [7, 11) is 0. The Morgan fingerprint density at radius 3 is 2.53 bits per heavy atom. The van der Waals surface area contributed by atoms with Gasteiger partial charge in [-0.3, -0.25) is 4.79 Å². The van der Waals surface area contributed by atoms with E-state index >= 15 is 0 Å². The number of rotatable bonds is 6. The van der Waals surface area contributed by atoms with Crippen LogP contribution in [0.25, 0.3) is 0 Å². The van der Waals surface area contributed by atoms with Gasteiger partial charge in [0.15, 0.2) is 5.82 Å². The molecule has 1 aliphatic heterocycles. The Kier molecular flexibility index (Phi) is 7.00. The molecule has 2 unspecified atom stereocenters. The molecule has 1 amide bonds. The highest BCUT2D eigenvalue weighted by Gasteiger charge is 2.37. The summed E-state index contributed by atoms with van der Waals surface area (Å²) in [5.41, 5.74) is 3.59. The van der Waals surface area contributed by atoms with Crippen molar-refractivity contribution < 1.29 is 9.32 Å². The number of piperidine rings is 1. The predicted molar refractivity (Wildman–Crippen MR) is 133 cm³/mol. The van der Waals surface area contributed by atoms with E-state index in [9.17, 15) is 4.79 Å². The van der Waals surface area contributed by atoms with E-state index in [2.05, 4.69) is 41.2 Å². The summed E-state index contributed by atoms with van der Waals surface area (Å²) < 4.78 is 5.75. The normalized spacial score (nSPS) is 21.2. The van der Waals surface area contributed by atoms with Crippen LogP contribution >= 0.6 is 11.6 Å². The van der Waals surface area contributed by atoms with Crippen molar-refractivity contribution >= 4 is 17.5 Å². The zero-order chi connectivity index (χ0) is 23.5. The summed E-state index contributed by atoms with van der Waals surface area (Å²) in [4.78, 5) is 20.2. The highest BCUT2D eigenvalue weighted by molar-refractivity contribution is 6.31. The minimum absolute atomic E-state index is 0.0300. The van der Waals surface area contributed by atoms with Crippen molar-refractivity contribution in [3.63, 3.8) is 0 Å². The molecular weight excluding hydrogens is 446 g/mol. The van der Waals surface area contributed by atoms with Crippen molar-refractivity contribution in [1.29, 1.82) is 0 Å². The first-order chi connectivity index (χ1) is 16.6. The second-order valence-electron chi connectivity index (χ2n) is 9.77. The van der Waals surface area contributed by atoms with Crippen molar-refractivity contribution in [2.45, 2.75) is 63.7 Å². The third-order valence-corrected chi connectivity index (χ3v) is 7.83. The van der Waals surface area contributed by atoms with Gasteiger partial charge in [-0.2, -0.15) is 4.98 Å². The van der Waals surface area contributed by atoms with Crippen LogP contribution in [0.2, 0.25) is 5.02 Å². The quantitative estimate of drug-likeness (QED) is 0.426. The lowest BCUT2D eigenvalue weighted by Crippen LogP contribution is -2.44. The SMILES string of the molecule is CCc1ccc(C2CC(c3nc(Cc4ccccc4Cl)no3)CN(C(=O)C3CCCC3)C2)cc1. The van der Waals surface area contributed by atoms with Gasteiger partial charge < -0.3 is 9.42 Å². The van der Waals surface area contributed by atoms with Crippen molar-refractivity contribution in [3.8, 4) is 0 Å². The maximum Gasteiger partial charge on any atom is 0.231 e. The lowest BCUT2D eigenvalue weighted by Gasteiger charge is -2.38. The second-order valence-corrected chi connectivity index (χ2v) is 10.2. The van der Waals surface area contributed by atoms with Crippen LogP contribution in [0.4, 0.5) is 0 Å². The summed E-state index contributed by atoms with van der Waals surface area (Å²) >= 11 is 6.32. The van der Waals surface area contributed by atoms with E-state index in [-0.39, 0.29) is 17.8 Å². The molecule has 1 aromatic heterocycles. The molecule has 0 spiro atoms. The lowest BCUT2D eigenvalue weighted by atomic mass is 9.83.